The summed E-state index contributed by atoms with van der Waals surface area (Å²) in [6.45, 7) is 6.99. The predicted octanol–water partition coefficient (Wildman–Crippen LogP) is 8.24. The van der Waals surface area contributed by atoms with E-state index in [0.29, 0.717) is 22.6 Å². The summed E-state index contributed by atoms with van der Waals surface area (Å²) in [5.41, 5.74) is 2.87. The second-order valence-corrected chi connectivity index (χ2v) is 10.5. The number of para-hydroxylation sites is 1. The number of thioether (sulfide) groups is 1. The fourth-order valence-corrected chi connectivity index (χ4v) is 5.40. The lowest BCUT2D eigenvalue weighted by Crippen LogP contribution is -2.32. The molecule has 1 aliphatic heterocycles. The fraction of sp³-hybridized carbons (Fsp3) is 0.188. The topological polar surface area (TPSA) is 41.9 Å². The van der Waals surface area contributed by atoms with E-state index in [1.165, 1.54) is 11.8 Å². The lowest BCUT2D eigenvalue weighted by atomic mass is 10.0. The Kier molecular flexibility index (Phi) is 7.42. The van der Waals surface area contributed by atoms with Gasteiger partial charge in [0.1, 0.15) is 5.75 Å². The van der Waals surface area contributed by atoms with E-state index in [2.05, 4.69) is 26.0 Å². The van der Waals surface area contributed by atoms with Gasteiger partial charge in [-0.25, -0.2) is 4.99 Å². The Labute approximate surface area is 222 Å². The molecule has 1 atom stereocenters. The number of ether oxygens (including phenoxy) is 1. The third-order valence-corrected chi connectivity index (χ3v) is 7.25. The standard InChI is InChI=1S/C32H30N2O2S/c1-22(2)21-36-29-19-18-25(27-16-10-11-17-28(27)29)20-30-31(35)34(23(3)24-12-6-4-7-13-24)32(37-30)33-26-14-8-5-9-15-26/h4-20,22-23H,21H2,1-3H3/b30-20+,33-32?/t23-/m1/s1. The minimum absolute atomic E-state index is 0.0414. The van der Waals surface area contributed by atoms with Crippen LogP contribution in [-0.4, -0.2) is 22.6 Å². The molecule has 0 aromatic heterocycles. The molecule has 1 aliphatic rings. The number of rotatable bonds is 7. The lowest BCUT2D eigenvalue weighted by Gasteiger charge is -2.24. The van der Waals surface area contributed by atoms with E-state index in [9.17, 15) is 4.79 Å². The third kappa shape index (κ3) is 5.47. The Morgan fingerprint density at radius 3 is 2.19 bits per heavy atom. The Balaban J connectivity index is 1.56. The van der Waals surface area contributed by atoms with E-state index in [4.69, 9.17) is 9.73 Å². The predicted molar refractivity (Wildman–Crippen MR) is 155 cm³/mol. The average molecular weight is 507 g/mol. The number of aliphatic imine (C=N–C) groups is 1. The van der Waals surface area contributed by atoms with Crippen LogP contribution in [0, 0.1) is 5.92 Å². The smallest absolute Gasteiger partial charge is 0.267 e. The van der Waals surface area contributed by atoms with Gasteiger partial charge in [0, 0.05) is 5.39 Å². The van der Waals surface area contributed by atoms with Gasteiger partial charge in [-0.15, -0.1) is 0 Å². The van der Waals surface area contributed by atoms with Gasteiger partial charge in [0.25, 0.3) is 5.91 Å². The highest BCUT2D eigenvalue weighted by Crippen LogP contribution is 2.40. The van der Waals surface area contributed by atoms with Crippen molar-refractivity contribution >= 4 is 45.4 Å². The molecule has 1 heterocycles. The quantitative estimate of drug-likeness (QED) is 0.237. The molecule has 0 radical (unpaired) electrons. The van der Waals surface area contributed by atoms with Crippen LogP contribution in [0.2, 0.25) is 0 Å². The van der Waals surface area contributed by atoms with Gasteiger partial charge < -0.3 is 4.74 Å². The minimum atomic E-state index is -0.155. The maximum atomic E-state index is 13.8. The average Bonchev–Trinajstić information content (AvgIpc) is 3.22. The first-order valence-electron chi connectivity index (χ1n) is 12.6. The second-order valence-electron chi connectivity index (χ2n) is 9.51. The highest BCUT2D eigenvalue weighted by atomic mass is 32.2. The van der Waals surface area contributed by atoms with Gasteiger partial charge in [-0.05, 0) is 65.4 Å². The van der Waals surface area contributed by atoms with Crippen molar-refractivity contribution in [1.29, 1.82) is 0 Å². The summed E-state index contributed by atoms with van der Waals surface area (Å²) in [5, 5.41) is 2.78. The number of hydrogen-bond acceptors (Lipinski definition) is 4. The van der Waals surface area contributed by atoms with Crippen LogP contribution in [0.1, 0.15) is 37.9 Å². The van der Waals surface area contributed by atoms with Gasteiger partial charge in [0.2, 0.25) is 0 Å². The van der Waals surface area contributed by atoms with Crippen LogP contribution in [0.5, 0.6) is 5.75 Å². The van der Waals surface area contributed by atoms with Gasteiger partial charge in [0.15, 0.2) is 5.17 Å². The van der Waals surface area contributed by atoms with Crippen LogP contribution in [0.15, 0.2) is 107 Å². The van der Waals surface area contributed by atoms with Crippen molar-refractivity contribution in [3.05, 3.63) is 113 Å². The molecular weight excluding hydrogens is 476 g/mol. The van der Waals surface area contributed by atoms with E-state index in [1.54, 1.807) is 4.90 Å². The van der Waals surface area contributed by atoms with E-state index in [0.717, 1.165) is 33.3 Å². The van der Waals surface area contributed by atoms with Crippen molar-refractivity contribution in [2.75, 3.05) is 6.61 Å². The number of hydrogen-bond donors (Lipinski definition) is 0. The van der Waals surface area contributed by atoms with Gasteiger partial charge >= 0.3 is 0 Å². The molecule has 1 saturated heterocycles. The van der Waals surface area contributed by atoms with E-state index < -0.39 is 0 Å². The number of amides is 1. The Hall–Kier alpha value is -3.83. The maximum absolute atomic E-state index is 13.8. The van der Waals surface area contributed by atoms with Gasteiger partial charge in [-0.1, -0.05) is 92.7 Å². The lowest BCUT2D eigenvalue weighted by molar-refractivity contribution is -0.123. The molecule has 4 nitrogen and oxygen atoms in total. The van der Waals surface area contributed by atoms with E-state index in [-0.39, 0.29) is 11.9 Å². The molecule has 1 fully saturated rings. The number of carbonyl (C=O) groups is 1. The van der Waals surface area contributed by atoms with Crippen LogP contribution in [0.25, 0.3) is 16.8 Å². The van der Waals surface area contributed by atoms with Crippen LogP contribution in [0.3, 0.4) is 0 Å². The molecular formula is C32H30N2O2S. The highest BCUT2D eigenvalue weighted by molar-refractivity contribution is 8.18. The second kappa shape index (κ2) is 11.1. The number of benzene rings is 4. The van der Waals surface area contributed by atoms with Crippen molar-refractivity contribution in [1.82, 2.24) is 4.90 Å². The SMILES string of the molecule is CC(C)COc1ccc(/C=C2/SC(=Nc3ccccc3)N([C@H](C)c3ccccc3)C2=O)c2ccccc12. The van der Waals surface area contributed by atoms with E-state index in [1.807, 2.05) is 97.9 Å². The molecule has 4 aromatic rings. The van der Waals surface area contributed by atoms with Crippen LogP contribution in [-0.2, 0) is 4.79 Å². The number of amidine groups is 1. The zero-order chi connectivity index (χ0) is 25.8. The molecule has 5 heteroatoms. The molecule has 1 amide bonds. The molecule has 0 unspecified atom stereocenters. The number of carbonyl (C=O) groups excluding carboxylic acids is 1. The third-order valence-electron chi connectivity index (χ3n) is 6.26. The molecule has 0 bridgehead atoms. The molecule has 186 valence electrons. The normalized spacial score (nSPS) is 16.8. The summed E-state index contributed by atoms with van der Waals surface area (Å²) >= 11 is 1.42. The molecule has 0 aliphatic carbocycles. The van der Waals surface area contributed by atoms with Crippen LogP contribution >= 0.6 is 11.8 Å². The highest BCUT2D eigenvalue weighted by Gasteiger charge is 2.37. The molecule has 0 saturated carbocycles. The first kappa shape index (κ1) is 24.8. The monoisotopic (exact) mass is 506 g/mol. The summed E-state index contributed by atoms with van der Waals surface area (Å²) in [5.74, 6) is 1.26. The summed E-state index contributed by atoms with van der Waals surface area (Å²) < 4.78 is 6.09. The van der Waals surface area contributed by atoms with Gasteiger partial charge in [0.05, 0.1) is 23.2 Å². The molecule has 0 spiro atoms. The maximum Gasteiger partial charge on any atom is 0.267 e. The van der Waals surface area contributed by atoms with Gasteiger partial charge in [-0.3, -0.25) is 9.69 Å². The number of nitrogens with zero attached hydrogens (tertiary/aromatic N) is 2. The van der Waals surface area contributed by atoms with Crippen LogP contribution < -0.4 is 4.74 Å². The summed E-state index contributed by atoms with van der Waals surface area (Å²) in [7, 11) is 0. The Morgan fingerprint density at radius 2 is 1.49 bits per heavy atom. The molecule has 5 rings (SSSR count). The van der Waals surface area contributed by atoms with Crippen molar-refractivity contribution in [2.24, 2.45) is 10.9 Å². The van der Waals surface area contributed by atoms with Crippen molar-refractivity contribution in [3.63, 3.8) is 0 Å². The van der Waals surface area contributed by atoms with Crippen molar-refractivity contribution in [2.45, 2.75) is 26.8 Å². The van der Waals surface area contributed by atoms with Crippen LogP contribution in [0.4, 0.5) is 5.69 Å². The fourth-order valence-electron chi connectivity index (χ4n) is 4.34. The largest absolute Gasteiger partial charge is 0.493 e. The van der Waals surface area contributed by atoms with Crippen molar-refractivity contribution in [3.8, 4) is 5.75 Å². The minimum Gasteiger partial charge on any atom is -0.493 e. The van der Waals surface area contributed by atoms with Crippen molar-refractivity contribution < 1.29 is 9.53 Å². The molecule has 0 N–H and O–H groups in total. The number of fused-ring (bicyclic) bond motifs is 1. The van der Waals surface area contributed by atoms with Gasteiger partial charge in [-0.2, -0.15) is 0 Å². The summed E-state index contributed by atoms with van der Waals surface area (Å²) in [4.78, 5) is 21.2. The first-order valence-corrected chi connectivity index (χ1v) is 13.4. The van der Waals surface area contributed by atoms with E-state index >= 15 is 0 Å². The Bertz CT molecular complexity index is 1460. The summed E-state index contributed by atoms with van der Waals surface area (Å²) in [6.07, 6.45) is 1.99. The summed E-state index contributed by atoms with van der Waals surface area (Å²) in [6, 6.07) is 31.9. The zero-order valence-electron chi connectivity index (χ0n) is 21.3. The molecule has 37 heavy (non-hydrogen) atoms. The molecule has 4 aromatic carbocycles. The first-order chi connectivity index (χ1) is 18.0. The zero-order valence-corrected chi connectivity index (χ0v) is 22.1. The Morgan fingerprint density at radius 1 is 0.838 bits per heavy atom.